The van der Waals surface area contributed by atoms with Gasteiger partial charge in [-0.15, -0.1) is 0 Å². The van der Waals surface area contributed by atoms with Crippen molar-refractivity contribution in [1.82, 2.24) is 19.4 Å². The lowest BCUT2D eigenvalue weighted by Gasteiger charge is -2.41. The third-order valence-electron chi connectivity index (χ3n) is 8.05. The maximum atomic E-state index is 16.0. The second-order valence-corrected chi connectivity index (χ2v) is 13.1. The zero-order valence-electron chi connectivity index (χ0n) is 27.2. The molecule has 1 fully saturated rings. The molecule has 1 aliphatic heterocycles. The van der Waals surface area contributed by atoms with E-state index in [1.165, 1.54) is 22.8 Å². The number of pyridine rings is 1. The number of fused-ring (bicyclic) bond motifs is 1. The van der Waals surface area contributed by atoms with E-state index in [9.17, 15) is 14.7 Å². The molecule has 5 rings (SSSR count). The number of carbonyl (C=O) groups excluding carboxylic acids is 1. The number of hydrogen-bond donors (Lipinski definition) is 2. The number of ether oxygens (including phenoxy) is 1. The zero-order chi connectivity index (χ0) is 33.7. The van der Waals surface area contributed by atoms with Crippen LogP contribution in [0.25, 0.3) is 28.0 Å². The van der Waals surface area contributed by atoms with Crippen molar-refractivity contribution in [1.29, 1.82) is 0 Å². The Hall–Kier alpha value is -4.58. The second-order valence-electron chi connectivity index (χ2n) is 13.1. The van der Waals surface area contributed by atoms with E-state index in [1.807, 2.05) is 44.7 Å². The highest BCUT2D eigenvalue weighted by Gasteiger charge is 2.33. The lowest BCUT2D eigenvalue weighted by Crippen LogP contribution is -2.55. The van der Waals surface area contributed by atoms with E-state index in [-0.39, 0.29) is 48.4 Å². The number of carbonyl (C=O) groups is 1. The van der Waals surface area contributed by atoms with Crippen LogP contribution >= 0.6 is 0 Å². The van der Waals surface area contributed by atoms with Crippen LogP contribution in [0.1, 0.15) is 64.2 Å². The minimum absolute atomic E-state index is 0.0429. The van der Waals surface area contributed by atoms with Crippen LogP contribution in [0.5, 0.6) is 5.75 Å². The van der Waals surface area contributed by atoms with Crippen LogP contribution in [0.15, 0.2) is 41.2 Å². The van der Waals surface area contributed by atoms with Gasteiger partial charge < -0.3 is 25.4 Å². The summed E-state index contributed by atoms with van der Waals surface area (Å²) in [6.07, 6.45) is -0.452. The van der Waals surface area contributed by atoms with Crippen LogP contribution in [0.4, 0.5) is 19.4 Å². The Morgan fingerprint density at radius 1 is 1.13 bits per heavy atom. The fraction of sp³-hybridized carbons (Fsp3) is 0.412. The number of amides is 1. The van der Waals surface area contributed by atoms with Crippen molar-refractivity contribution in [3.63, 3.8) is 0 Å². The van der Waals surface area contributed by atoms with Gasteiger partial charge in [-0.25, -0.2) is 27.9 Å². The van der Waals surface area contributed by atoms with Gasteiger partial charge in [0.15, 0.2) is 11.5 Å². The van der Waals surface area contributed by atoms with Crippen molar-refractivity contribution in [3.05, 3.63) is 75.2 Å². The summed E-state index contributed by atoms with van der Waals surface area (Å²) in [4.78, 5) is 39.4. The van der Waals surface area contributed by atoms with Gasteiger partial charge in [0.1, 0.15) is 28.7 Å². The van der Waals surface area contributed by atoms with Crippen molar-refractivity contribution >= 4 is 22.9 Å². The maximum absolute atomic E-state index is 16.0. The van der Waals surface area contributed by atoms with E-state index < -0.39 is 46.0 Å². The number of phenols is 1. The monoisotopic (exact) mass is 634 g/mol. The standard InChI is InChI=1S/C34H40F2N6O4/c1-18(2)22-14-21(16-37)13-19(3)29(22)42-31-23(15-25(36)28(38-31)27-24(35)9-8-10-26(27)43)30(39-32(42)44)41-12-11-40(17-20(41)4)33(45)46-34(5,6)7/h8-10,13-15,18,20,43H,11-12,16-17,37H2,1-7H3/t20-/m0/s1. The lowest BCUT2D eigenvalue weighted by atomic mass is 9.95. The molecule has 0 unspecified atom stereocenters. The average Bonchev–Trinajstić information content (AvgIpc) is 2.96. The van der Waals surface area contributed by atoms with Crippen LogP contribution in [0, 0.1) is 18.6 Å². The van der Waals surface area contributed by atoms with Crippen LogP contribution in [-0.2, 0) is 11.3 Å². The van der Waals surface area contributed by atoms with Gasteiger partial charge in [-0.1, -0.05) is 32.0 Å². The minimum Gasteiger partial charge on any atom is -0.507 e. The van der Waals surface area contributed by atoms with Gasteiger partial charge in [-0.3, -0.25) is 0 Å². The number of rotatable bonds is 5. The SMILES string of the molecule is Cc1cc(CN)cc(C(C)C)c1-n1c(=O)nc(N2CCN(C(=O)OC(C)(C)C)C[C@@H]2C)c2cc(F)c(-c3c(O)cccc3F)nc21. The van der Waals surface area contributed by atoms with Crippen molar-refractivity contribution in [3.8, 4) is 22.7 Å². The summed E-state index contributed by atoms with van der Waals surface area (Å²) < 4.78 is 37.9. The van der Waals surface area contributed by atoms with Gasteiger partial charge >= 0.3 is 11.8 Å². The Kier molecular flexibility index (Phi) is 8.78. The number of piperazine rings is 1. The van der Waals surface area contributed by atoms with Gasteiger partial charge in [0.05, 0.1) is 16.6 Å². The van der Waals surface area contributed by atoms with Gasteiger partial charge in [0, 0.05) is 32.2 Å². The summed E-state index contributed by atoms with van der Waals surface area (Å²) in [5.74, 6) is -2.12. The second kappa shape index (κ2) is 12.3. The molecule has 0 bridgehead atoms. The first-order valence-electron chi connectivity index (χ1n) is 15.3. The first-order valence-corrected chi connectivity index (χ1v) is 15.3. The molecule has 1 atom stereocenters. The Bertz CT molecular complexity index is 1860. The van der Waals surface area contributed by atoms with E-state index in [0.717, 1.165) is 22.8 Å². The van der Waals surface area contributed by atoms with Crippen LogP contribution < -0.4 is 16.3 Å². The summed E-state index contributed by atoms with van der Waals surface area (Å²) in [7, 11) is 0. The highest BCUT2D eigenvalue weighted by molar-refractivity contribution is 5.91. The number of hydrogen-bond acceptors (Lipinski definition) is 8. The van der Waals surface area contributed by atoms with E-state index in [1.54, 1.807) is 25.7 Å². The summed E-state index contributed by atoms with van der Waals surface area (Å²) in [6, 6.07) is 8.29. The number of halogens is 2. The Labute approximate surface area is 266 Å². The molecule has 0 radical (unpaired) electrons. The Balaban J connectivity index is 1.76. The zero-order valence-corrected chi connectivity index (χ0v) is 27.2. The fourth-order valence-corrected chi connectivity index (χ4v) is 5.96. The molecule has 244 valence electrons. The van der Waals surface area contributed by atoms with E-state index in [4.69, 9.17) is 10.5 Å². The number of nitrogens with zero attached hydrogens (tertiary/aromatic N) is 5. The third kappa shape index (κ3) is 6.13. The normalized spacial score (nSPS) is 15.6. The smallest absolute Gasteiger partial charge is 0.410 e. The third-order valence-corrected chi connectivity index (χ3v) is 8.05. The molecule has 10 nitrogen and oxygen atoms in total. The first kappa shape index (κ1) is 32.8. The van der Waals surface area contributed by atoms with Gasteiger partial charge in [0.2, 0.25) is 0 Å². The molecule has 3 heterocycles. The van der Waals surface area contributed by atoms with Gasteiger partial charge in [-0.2, -0.15) is 4.98 Å². The number of anilines is 1. The largest absolute Gasteiger partial charge is 0.507 e. The number of aromatic nitrogens is 3. The maximum Gasteiger partial charge on any atom is 0.410 e. The summed E-state index contributed by atoms with van der Waals surface area (Å²) in [6.45, 7) is 14.2. The molecular weight excluding hydrogens is 594 g/mol. The minimum atomic E-state index is -0.902. The van der Waals surface area contributed by atoms with E-state index in [2.05, 4.69) is 9.97 Å². The molecule has 0 spiro atoms. The van der Waals surface area contributed by atoms with E-state index >= 15 is 8.78 Å². The van der Waals surface area contributed by atoms with Crippen molar-refractivity contribution in [2.75, 3.05) is 24.5 Å². The molecule has 4 aromatic rings. The quantitative estimate of drug-likeness (QED) is 0.284. The Morgan fingerprint density at radius 3 is 2.46 bits per heavy atom. The molecule has 3 N–H and O–H groups in total. The predicted molar refractivity (Wildman–Crippen MR) is 173 cm³/mol. The molecule has 12 heteroatoms. The number of aromatic hydroxyl groups is 1. The average molecular weight is 635 g/mol. The highest BCUT2D eigenvalue weighted by atomic mass is 19.1. The molecule has 2 aromatic heterocycles. The number of aryl methyl sites for hydroxylation is 1. The number of benzene rings is 2. The first-order chi connectivity index (χ1) is 21.6. The molecule has 0 aliphatic carbocycles. The molecule has 1 aliphatic rings. The molecule has 0 saturated carbocycles. The number of phenolic OH excluding ortho intramolecular Hbond substituents is 1. The molecule has 2 aromatic carbocycles. The van der Waals surface area contributed by atoms with Crippen molar-refractivity contribution in [2.45, 2.75) is 72.6 Å². The fourth-order valence-electron chi connectivity index (χ4n) is 5.96. The summed E-state index contributed by atoms with van der Waals surface area (Å²) >= 11 is 0. The van der Waals surface area contributed by atoms with E-state index in [0.29, 0.717) is 12.2 Å². The van der Waals surface area contributed by atoms with Gasteiger partial charge in [0.25, 0.3) is 0 Å². The van der Waals surface area contributed by atoms with Gasteiger partial charge in [-0.05, 0) is 75.4 Å². The predicted octanol–water partition coefficient (Wildman–Crippen LogP) is 5.77. The lowest BCUT2D eigenvalue weighted by molar-refractivity contribution is 0.0218. The van der Waals surface area contributed by atoms with Crippen LogP contribution in [0.2, 0.25) is 0 Å². The molecule has 1 saturated heterocycles. The summed E-state index contributed by atoms with van der Waals surface area (Å²) in [5.41, 5.74) is 6.74. The molecular formula is C34H40F2N6O4. The van der Waals surface area contributed by atoms with Crippen molar-refractivity contribution < 1.29 is 23.4 Å². The molecule has 46 heavy (non-hydrogen) atoms. The van der Waals surface area contributed by atoms with Crippen LogP contribution in [-0.4, -0.2) is 61.9 Å². The topological polar surface area (TPSA) is 127 Å². The highest BCUT2D eigenvalue weighted by Crippen LogP contribution is 2.37. The Morgan fingerprint density at radius 2 is 1.85 bits per heavy atom. The number of nitrogens with two attached hydrogens (primary N) is 1. The van der Waals surface area contributed by atoms with Crippen LogP contribution in [0.3, 0.4) is 0 Å². The molecule has 1 amide bonds. The summed E-state index contributed by atoms with van der Waals surface area (Å²) in [5, 5.41) is 10.8. The van der Waals surface area contributed by atoms with Crippen molar-refractivity contribution in [2.24, 2.45) is 5.73 Å².